The van der Waals surface area contributed by atoms with Crippen molar-refractivity contribution in [1.82, 2.24) is 0 Å². The van der Waals surface area contributed by atoms with Gasteiger partial charge in [-0.05, 0) is 17.7 Å². The predicted octanol–water partition coefficient (Wildman–Crippen LogP) is -1.55. The van der Waals surface area contributed by atoms with Crippen LogP contribution in [0.2, 0.25) is 0 Å². The molecular weight excluding hydrogens is 564 g/mol. The number of rotatable bonds is 7. The second kappa shape index (κ2) is 12.2. The van der Waals surface area contributed by atoms with Crippen LogP contribution in [0.15, 0.2) is 30.3 Å². The number of Topliss-reactive ketones (excluding diaryl/α,β-unsaturated/α-hetero) is 1. The molecule has 8 N–H and O–H groups in total. The van der Waals surface area contributed by atoms with Gasteiger partial charge in [-0.15, -0.1) is 0 Å². The van der Waals surface area contributed by atoms with Crippen molar-refractivity contribution in [2.24, 2.45) is 0 Å². The van der Waals surface area contributed by atoms with Gasteiger partial charge in [0, 0.05) is 12.1 Å². The molecule has 2 saturated heterocycles. The summed E-state index contributed by atoms with van der Waals surface area (Å²) in [5, 5.41) is 80.5. The molecule has 0 bridgehead atoms. The maximum atomic E-state index is 13.0. The summed E-state index contributed by atoms with van der Waals surface area (Å²) in [6.07, 6.45) is -14.7. The minimum absolute atomic E-state index is 0.00283. The SMILES string of the molecule is COc1cc(O[C@@H]2O[C@H](CO[C@@H]3OC[C@@H](O)[C@H](O)[C@H]3O)[C@H](O)[C@H](O)[C@H]2O)cc2c1C(=O)C[C@@H](c1ccc(O)c(O)c1)O2. The van der Waals surface area contributed by atoms with E-state index in [2.05, 4.69) is 0 Å². The van der Waals surface area contributed by atoms with Gasteiger partial charge in [0.2, 0.25) is 6.29 Å². The van der Waals surface area contributed by atoms with Crippen LogP contribution >= 0.6 is 0 Å². The summed E-state index contributed by atoms with van der Waals surface area (Å²) in [4.78, 5) is 13.0. The van der Waals surface area contributed by atoms with E-state index >= 15 is 0 Å². The molecule has 10 atom stereocenters. The van der Waals surface area contributed by atoms with E-state index in [1.807, 2.05) is 0 Å². The number of ketones is 1. The van der Waals surface area contributed by atoms with Crippen molar-refractivity contribution >= 4 is 5.78 Å². The Hall–Kier alpha value is -3.25. The summed E-state index contributed by atoms with van der Waals surface area (Å²) in [7, 11) is 1.33. The maximum Gasteiger partial charge on any atom is 0.229 e. The molecule has 2 fully saturated rings. The van der Waals surface area contributed by atoms with Gasteiger partial charge < -0.3 is 69.3 Å². The summed E-state index contributed by atoms with van der Waals surface area (Å²) < 4.78 is 33.4. The van der Waals surface area contributed by atoms with Gasteiger partial charge >= 0.3 is 0 Å². The number of hydrogen-bond acceptors (Lipinski definition) is 15. The molecule has 2 aromatic carbocycles. The molecule has 3 aliphatic heterocycles. The fraction of sp³-hybridized carbons (Fsp3) is 0.519. The number of aliphatic hydroxyl groups excluding tert-OH is 6. The third-order valence-electron chi connectivity index (χ3n) is 7.35. The first-order valence-corrected chi connectivity index (χ1v) is 13.1. The summed E-state index contributed by atoms with van der Waals surface area (Å²) in [6, 6.07) is 6.74. The van der Waals surface area contributed by atoms with Gasteiger partial charge in [-0.3, -0.25) is 4.79 Å². The number of carbonyl (C=O) groups is 1. The molecule has 0 spiro atoms. The van der Waals surface area contributed by atoms with Gasteiger partial charge in [-0.1, -0.05) is 6.07 Å². The van der Waals surface area contributed by atoms with Crippen LogP contribution in [0.3, 0.4) is 0 Å². The first-order chi connectivity index (χ1) is 20.0. The van der Waals surface area contributed by atoms with E-state index in [-0.39, 0.29) is 53.1 Å². The van der Waals surface area contributed by atoms with Crippen LogP contribution < -0.4 is 14.2 Å². The van der Waals surface area contributed by atoms with Gasteiger partial charge in [-0.2, -0.15) is 0 Å². The number of ether oxygens (including phenoxy) is 6. The molecular formula is C27H32O15. The van der Waals surface area contributed by atoms with Crippen molar-refractivity contribution in [3.8, 4) is 28.7 Å². The van der Waals surface area contributed by atoms with Crippen molar-refractivity contribution in [2.45, 2.75) is 67.8 Å². The van der Waals surface area contributed by atoms with E-state index in [1.54, 1.807) is 0 Å². The molecule has 3 aliphatic rings. The average Bonchev–Trinajstić information content (AvgIpc) is 2.97. The molecule has 5 rings (SSSR count). The highest BCUT2D eigenvalue weighted by atomic mass is 16.7. The van der Waals surface area contributed by atoms with E-state index in [1.165, 1.54) is 37.4 Å². The summed E-state index contributed by atoms with van der Waals surface area (Å²) in [5.41, 5.74) is 0.559. The Kier molecular flexibility index (Phi) is 8.75. The lowest BCUT2D eigenvalue weighted by Gasteiger charge is -2.41. The molecule has 0 aromatic heterocycles. The molecule has 0 radical (unpaired) electrons. The van der Waals surface area contributed by atoms with Crippen LogP contribution in [0.5, 0.6) is 28.7 Å². The number of phenols is 2. The summed E-state index contributed by atoms with van der Waals surface area (Å²) >= 11 is 0. The number of hydrogen-bond donors (Lipinski definition) is 8. The lowest BCUT2D eigenvalue weighted by atomic mass is 9.95. The van der Waals surface area contributed by atoms with Crippen molar-refractivity contribution in [3.63, 3.8) is 0 Å². The molecule has 15 heteroatoms. The van der Waals surface area contributed by atoms with Crippen molar-refractivity contribution < 1.29 is 74.1 Å². The monoisotopic (exact) mass is 596 g/mol. The number of fused-ring (bicyclic) bond motifs is 1. The zero-order chi connectivity index (χ0) is 30.3. The summed E-state index contributed by atoms with van der Waals surface area (Å²) in [5.74, 6) is -0.887. The topological polar surface area (TPSA) is 234 Å². The van der Waals surface area contributed by atoms with E-state index in [4.69, 9.17) is 28.4 Å². The second-order valence-corrected chi connectivity index (χ2v) is 10.2. The van der Waals surface area contributed by atoms with Crippen molar-refractivity contribution in [3.05, 3.63) is 41.5 Å². The largest absolute Gasteiger partial charge is 0.504 e. The third kappa shape index (κ3) is 5.83. The highest BCUT2D eigenvalue weighted by Crippen LogP contribution is 2.44. The Morgan fingerprint density at radius 3 is 2.33 bits per heavy atom. The van der Waals surface area contributed by atoms with E-state index in [9.17, 15) is 45.6 Å². The van der Waals surface area contributed by atoms with Gasteiger partial charge in [-0.25, -0.2) is 0 Å². The number of aliphatic hydroxyl groups is 6. The average molecular weight is 597 g/mol. The first kappa shape index (κ1) is 30.2. The van der Waals surface area contributed by atoms with Gasteiger partial charge in [0.05, 0.1) is 26.7 Å². The zero-order valence-corrected chi connectivity index (χ0v) is 22.2. The standard InChI is InChI=1S/C27H32O15/c1-37-17-5-11(6-18-20(17)14(30)7-16(41-18)10-2-3-12(28)13(29)4-10)40-27-25(36)23(34)22(33)19(42-27)9-39-26-24(35)21(32)15(31)8-38-26/h2-6,15-16,19,21-29,31-36H,7-9H2,1H3/t15-,16+,19-,21+,22+,23+,24-,25-,26+,27-/m1/s1. The van der Waals surface area contributed by atoms with Crippen LogP contribution in [-0.2, 0) is 14.2 Å². The van der Waals surface area contributed by atoms with Crippen LogP contribution in [0.1, 0.15) is 28.4 Å². The van der Waals surface area contributed by atoms with Crippen LogP contribution in [0.25, 0.3) is 0 Å². The van der Waals surface area contributed by atoms with E-state index < -0.39 is 68.0 Å². The molecule has 2 aromatic rings. The fourth-order valence-corrected chi connectivity index (χ4v) is 4.96. The molecule has 0 aliphatic carbocycles. The van der Waals surface area contributed by atoms with Crippen LogP contribution in [0.4, 0.5) is 0 Å². The molecule has 42 heavy (non-hydrogen) atoms. The van der Waals surface area contributed by atoms with Crippen molar-refractivity contribution in [2.75, 3.05) is 20.3 Å². The predicted molar refractivity (Wildman–Crippen MR) is 136 cm³/mol. The summed E-state index contributed by atoms with van der Waals surface area (Å²) in [6.45, 7) is -0.787. The molecule has 3 heterocycles. The first-order valence-electron chi connectivity index (χ1n) is 13.1. The number of phenolic OH excluding ortho intramolecular Hbond substituents is 2. The van der Waals surface area contributed by atoms with Crippen LogP contribution in [-0.4, -0.2) is 122 Å². The smallest absolute Gasteiger partial charge is 0.229 e. The lowest BCUT2D eigenvalue weighted by Crippen LogP contribution is -2.61. The quantitative estimate of drug-likeness (QED) is 0.169. The molecule has 0 amide bonds. The lowest BCUT2D eigenvalue weighted by molar-refractivity contribution is -0.307. The molecule has 15 nitrogen and oxygen atoms in total. The van der Waals surface area contributed by atoms with Gasteiger partial charge in [0.1, 0.15) is 71.6 Å². The Morgan fingerprint density at radius 1 is 0.881 bits per heavy atom. The molecule has 0 saturated carbocycles. The third-order valence-corrected chi connectivity index (χ3v) is 7.35. The molecule has 0 unspecified atom stereocenters. The number of benzene rings is 2. The minimum atomic E-state index is -1.74. The Morgan fingerprint density at radius 2 is 1.62 bits per heavy atom. The van der Waals surface area contributed by atoms with Gasteiger partial charge in [0.25, 0.3) is 0 Å². The Balaban J connectivity index is 1.33. The van der Waals surface area contributed by atoms with Crippen LogP contribution in [0, 0.1) is 0 Å². The molecule has 230 valence electrons. The van der Waals surface area contributed by atoms with E-state index in [0.717, 1.165) is 0 Å². The zero-order valence-electron chi connectivity index (χ0n) is 22.2. The normalized spacial score (nSPS) is 34.8. The Bertz CT molecular complexity index is 1290. The second-order valence-electron chi connectivity index (χ2n) is 10.2. The Labute approximate surface area is 238 Å². The van der Waals surface area contributed by atoms with E-state index in [0.29, 0.717) is 5.56 Å². The van der Waals surface area contributed by atoms with Gasteiger partial charge in [0.15, 0.2) is 23.6 Å². The maximum absolute atomic E-state index is 13.0. The highest BCUT2D eigenvalue weighted by Gasteiger charge is 2.46. The fourth-order valence-electron chi connectivity index (χ4n) is 4.96. The number of methoxy groups -OCH3 is 1. The highest BCUT2D eigenvalue weighted by molar-refractivity contribution is 6.02. The number of aromatic hydroxyl groups is 2. The number of carbonyl (C=O) groups excluding carboxylic acids is 1. The minimum Gasteiger partial charge on any atom is -0.504 e. The van der Waals surface area contributed by atoms with Crippen molar-refractivity contribution in [1.29, 1.82) is 0 Å².